The van der Waals surface area contributed by atoms with Crippen molar-refractivity contribution in [3.05, 3.63) is 47.5 Å². The zero-order valence-corrected chi connectivity index (χ0v) is 9.66. The summed E-state index contributed by atoms with van der Waals surface area (Å²) in [6.45, 7) is 5.84. The van der Waals surface area contributed by atoms with Crippen LogP contribution in [0.2, 0.25) is 0 Å². The van der Waals surface area contributed by atoms with Crippen molar-refractivity contribution in [1.82, 2.24) is 0 Å². The summed E-state index contributed by atoms with van der Waals surface area (Å²) in [6, 6.07) is 8.56. The molecule has 0 saturated carbocycles. The van der Waals surface area contributed by atoms with E-state index < -0.39 is 0 Å². The minimum atomic E-state index is 0.117. The molecule has 0 aliphatic carbocycles. The third kappa shape index (κ3) is 4.11. The van der Waals surface area contributed by atoms with Crippen LogP contribution in [0.4, 0.5) is 0 Å². The van der Waals surface area contributed by atoms with E-state index in [1.807, 2.05) is 6.08 Å². The number of aryl methyl sites for hydroxylation is 1. The Hall–Kier alpha value is -1.37. The Morgan fingerprint density at radius 2 is 1.93 bits per heavy atom. The third-order valence-electron chi connectivity index (χ3n) is 2.49. The van der Waals surface area contributed by atoms with Crippen LogP contribution in [0.1, 0.15) is 37.3 Å². The van der Waals surface area contributed by atoms with E-state index in [1.165, 1.54) is 11.1 Å². The van der Waals surface area contributed by atoms with E-state index in [-0.39, 0.29) is 5.78 Å². The van der Waals surface area contributed by atoms with Gasteiger partial charge in [0.05, 0.1) is 0 Å². The van der Waals surface area contributed by atoms with Crippen molar-refractivity contribution >= 4 is 5.78 Å². The Bertz CT molecular complexity index is 346. The molecule has 1 aromatic rings. The SMILES string of the molecule is CC(=O)/C=C/C[C@H](C)c1ccc(C)cc1. The molecule has 80 valence electrons. The van der Waals surface area contributed by atoms with E-state index in [0.29, 0.717) is 5.92 Å². The maximum absolute atomic E-state index is 10.7. The number of carbonyl (C=O) groups excluding carboxylic acids is 1. The molecule has 0 aliphatic heterocycles. The summed E-state index contributed by atoms with van der Waals surface area (Å²) in [4.78, 5) is 10.7. The zero-order valence-electron chi connectivity index (χ0n) is 9.66. The van der Waals surface area contributed by atoms with Gasteiger partial charge in [0.1, 0.15) is 0 Å². The van der Waals surface area contributed by atoms with Crippen molar-refractivity contribution < 1.29 is 4.79 Å². The second-order valence-electron chi connectivity index (χ2n) is 4.06. The first-order chi connectivity index (χ1) is 7.09. The van der Waals surface area contributed by atoms with Gasteiger partial charge in [-0.25, -0.2) is 0 Å². The van der Waals surface area contributed by atoms with E-state index in [4.69, 9.17) is 0 Å². The minimum Gasteiger partial charge on any atom is -0.295 e. The summed E-state index contributed by atoms with van der Waals surface area (Å²) in [5.74, 6) is 0.590. The van der Waals surface area contributed by atoms with E-state index in [0.717, 1.165) is 6.42 Å². The molecule has 1 nitrogen and oxygen atoms in total. The van der Waals surface area contributed by atoms with Crippen molar-refractivity contribution in [3.63, 3.8) is 0 Å². The molecule has 0 heterocycles. The van der Waals surface area contributed by atoms with Crippen LogP contribution in [0, 0.1) is 6.92 Å². The Kier molecular flexibility index (Phi) is 4.29. The molecule has 1 rings (SSSR count). The molecule has 0 amide bonds. The van der Waals surface area contributed by atoms with E-state index in [9.17, 15) is 4.79 Å². The summed E-state index contributed by atoms with van der Waals surface area (Å²) >= 11 is 0. The van der Waals surface area contributed by atoms with Gasteiger partial charge in [-0.05, 0) is 37.8 Å². The maximum Gasteiger partial charge on any atom is 0.152 e. The van der Waals surface area contributed by atoms with Crippen molar-refractivity contribution in [2.75, 3.05) is 0 Å². The van der Waals surface area contributed by atoms with E-state index >= 15 is 0 Å². The molecule has 1 atom stereocenters. The maximum atomic E-state index is 10.7. The van der Waals surface area contributed by atoms with Gasteiger partial charge in [-0.2, -0.15) is 0 Å². The molecule has 0 aliphatic rings. The first kappa shape index (κ1) is 11.7. The van der Waals surface area contributed by atoms with Crippen LogP contribution in [-0.4, -0.2) is 5.78 Å². The molecule has 0 aromatic heterocycles. The van der Waals surface area contributed by atoms with Gasteiger partial charge in [0.15, 0.2) is 5.78 Å². The van der Waals surface area contributed by atoms with Crippen LogP contribution in [-0.2, 0) is 4.79 Å². The van der Waals surface area contributed by atoms with Gasteiger partial charge in [0.2, 0.25) is 0 Å². The van der Waals surface area contributed by atoms with Gasteiger partial charge in [0, 0.05) is 0 Å². The summed E-state index contributed by atoms with van der Waals surface area (Å²) < 4.78 is 0. The highest BCUT2D eigenvalue weighted by Gasteiger charge is 2.02. The second kappa shape index (κ2) is 5.50. The molecule has 0 saturated heterocycles. The Labute approximate surface area is 91.8 Å². The fourth-order valence-corrected chi connectivity index (χ4v) is 1.47. The van der Waals surface area contributed by atoms with Crippen LogP contribution in [0.15, 0.2) is 36.4 Å². The lowest BCUT2D eigenvalue weighted by Gasteiger charge is -2.09. The molecule has 0 unspecified atom stereocenters. The highest BCUT2D eigenvalue weighted by molar-refractivity contribution is 5.87. The predicted molar refractivity (Wildman–Crippen MR) is 64.0 cm³/mol. The number of rotatable bonds is 4. The van der Waals surface area contributed by atoms with Gasteiger partial charge in [-0.1, -0.05) is 42.8 Å². The van der Waals surface area contributed by atoms with Crippen molar-refractivity contribution in [1.29, 1.82) is 0 Å². The molecule has 1 aromatic carbocycles. The van der Waals surface area contributed by atoms with Gasteiger partial charge in [-0.15, -0.1) is 0 Å². The molecule has 15 heavy (non-hydrogen) atoms. The van der Waals surface area contributed by atoms with Gasteiger partial charge in [0.25, 0.3) is 0 Å². The van der Waals surface area contributed by atoms with Crippen LogP contribution in [0.5, 0.6) is 0 Å². The average Bonchev–Trinajstić information content (AvgIpc) is 2.18. The second-order valence-corrected chi connectivity index (χ2v) is 4.06. The largest absolute Gasteiger partial charge is 0.295 e. The molecule has 0 radical (unpaired) electrons. The normalized spacial score (nSPS) is 13.0. The Balaban J connectivity index is 2.57. The van der Waals surface area contributed by atoms with Crippen LogP contribution in [0.3, 0.4) is 0 Å². The molecular weight excluding hydrogens is 184 g/mol. The van der Waals surface area contributed by atoms with E-state index in [1.54, 1.807) is 13.0 Å². The fraction of sp³-hybridized carbons (Fsp3) is 0.357. The molecule has 0 fully saturated rings. The van der Waals surface area contributed by atoms with Gasteiger partial charge < -0.3 is 0 Å². The summed E-state index contributed by atoms with van der Waals surface area (Å²) in [5, 5.41) is 0. The Morgan fingerprint density at radius 3 is 2.47 bits per heavy atom. The smallest absolute Gasteiger partial charge is 0.152 e. The molecule has 1 heteroatoms. The standard InChI is InChI=1S/C14H18O/c1-11-7-9-14(10-8-11)12(2)5-4-6-13(3)15/h4,6-10,12H,5H2,1-3H3/b6-4+/t12-/m0/s1. The topological polar surface area (TPSA) is 17.1 Å². The number of ketones is 1. The van der Waals surface area contributed by atoms with Crippen molar-refractivity contribution in [3.8, 4) is 0 Å². The van der Waals surface area contributed by atoms with Crippen LogP contribution < -0.4 is 0 Å². The number of benzene rings is 1. The highest BCUT2D eigenvalue weighted by atomic mass is 16.1. The first-order valence-corrected chi connectivity index (χ1v) is 5.33. The van der Waals surface area contributed by atoms with Gasteiger partial charge >= 0.3 is 0 Å². The molecule has 0 bridgehead atoms. The minimum absolute atomic E-state index is 0.117. The molecule has 0 spiro atoms. The number of hydrogen-bond donors (Lipinski definition) is 0. The lowest BCUT2D eigenvalue weighted by Crippen LogP contribution is -1.92. The molecular formula is C14H18O. The Morgan fingerprint density at radius 1 is 1.33 bits per heavy atom. The van der Waals surface area contributed by atoms with Crippen LogP contribution in [0.25, 0.3) is 0 Å². The van der Waals surface area contributed by atoms with E-state index in [2.05, 4.69) is 38.1 Å². The van der Waals surface area contributed by atoms with Crippen molar-refractivity contribution in [2.24, 2.45) is 0 Å². The van der Waals surface area contributed by atoms with Crippen molar-refractivity contribution in [2.45, 2.75) is 33.1 Å². The third-order valence-corrected chi connectivity index (χ3v) is 2.49. The van der Waals surface area contributed by atoms with Crippen LogP contribution >= 0.6 is 0 Å². The fourth-order valence-electron chi connectivity index (χ4n) is 1.47. The number of hydrogen-bond acceptors (Lipinski definition) is 1. The average molecular weight is 202 g/mol. The predicted octanol–water partition coefficient (Wildman–Crippen LogP) is 3.63. The van der Waals surface area contributed by atoms with Gasteiger partial charge in [-0.3, -0.25) is 4.79 Å². The number of carbonyl (C=O) groups is 1. The highest BCUT2D eigenvalue weighted by Crippen LogP contribution is 2.19. The first-order valence-electron chi connectivity index (χ1n) is 5.33. The summed E-state index contributed by atoms with van der Waals surface area (Å²) in [7, 11) is 0. The quantitative estimate of drug-likeness (QED) is 0.681. The summed E-state index contributed by atoms with van der Waals surface area (Å²) in [6.07, 6.45) is 4.51. The zero-order chi connectivity index (χ0) is 11.3. The monoisotopic (exact) mass is 202 g/mol. The lowest BCUT2D eigenvalue weighted by molar-refractivity contribution is -0.112. The molecule has 0 N–H and O–H groups in total. The number of allylic oxidation sites excluding steroid dienone is 2. The summed E-state index contributed by atoms with van der Waals surface area (Å²) in [5.41, 5.74) is 2.61. The lowest BCUT2D eigenvalue weighted by atomic mass is 9.97.